The van der Waals surface area contributed by atoms with Gasteiger partial charge in [0.15, 0.2) is 0 Å². The average Bonchev–Trinajstić information content (AvgIpc) is 3.22. The van der Waals surface area contributed by atoms with E-state index >= 15 is 0 Å². The molecular formula is C18H30N4O8. The Bertz CT molecular complexity index is 650. The first kappa shape index (κ1) is 25.3. The summed E-state index contributed by atoms with van der Waals surface area (Å²) in [6.45, 7) is 3.32. The van der Waals surface area contributed by atoms with Crippen LogP contribution >= 0.6 is 0 Å². The molecule has 170 valence electrons. The summed E-state index contributed by atoms with van der Waals surface area (Å²) in [5, 5.41) is 37.0. The lowest BCUT2D eigenvalue weighted by Crippen LogP contribution is -2.59. The smallest absolute Gasteiger partial charge is 0.328 e. The number of rotatable bonds is 12. The van der Waals surface area contributed by atoms with Crippen molar-refractivity contribution in [2.24, 2.45) is 5.92 Å². The zero-order valence-corrected chi connectivity index (χ0v) is 17.0. The number of nitrogens with one attached hydrogen (secondary N) is 4. The SMILES string of the molecule is CCC(C)C(NC(=O)C1CCCN1)C(=O)NC(CC(=O)O)C(=O)NC(CO)C(=O)O. The van der Waals surface area contributed by atoms with Crippen molar-refractivity contribution in [3.63, 3.8) is 0 Å². The second kappa shape index (κ2) is 12.1. The van der Waals surface area contributed by atoms with Crippen LogP contribution in [0.2, 0.25) is 0 Å². The van der Waals surface area contributed by atoms with E-state index < -0.39 is 60.9 Å². The Morgan fingerprint density at radius 1 is 1.03 bits per heavy atom. The van der Waals surface area contributed by atoms with Crippen molar-refractivity contribution in [1.29, 1.82) is 0 Å². The van der Waals surface area contributed by atoms with Gasteiger partial charge in [0.2, 0.25) is 17.7 Å². The van der Waals surface area contributed by atoms with Gasteiger partial charge in [-0.2, -0.15) is 0 Å². The van der Waals surface area contributed by atoms with E-state index in [4.69, 9.17) is 15.3 Å². The molecule has 3 amide bonds. The molecule has 1 saturated heterocycles. The van der Waals surface area contributed by atoms with Gasteiger partial charge < -0.3 is 36.6 Å². The molecule has 0 aromatic heterocycles. The zero-order valence-electron chi connectivity index (χ0n) is 17.0. The van der Waals surface area contributed by atoms with Gasteiger partial charge in [0.05, 0.1) is 19.1 Å². The highest BCUT2D eigenvalue weighted by atomic mass is 16.4. The maximum atomic E-state index is 12.8. The van der Waals surface area contributed by atoms with E-state index in [1.54, 1.807) is 6.92 Å². The molecule has 0 radical (unpaired) electrons. The van der Waals surface area contributed by atoms with Crippen molar-refractivity contribution in [2.75, 3.05) is 13.2 Å². The lowest BCUT2D eigenvalue weighted by atomic mass is 9.97. The first-order valence-electron chi connectivity index (χ1n) is 9.80. The highest BCUT2D eigenvalue weighted by Gasteiger charge is 2.34. The van der Waals surface area contributed by atoms with E-state index in [9.17, 15) is 24.0 Å². The van der Waals surface area contributed by atoms with Gasteiger partial charge in [-0.1, -0.05) is 20.3 Å². The summed E-state index contributed by atoms with van der Waals surface area (Å²) >= 11 is 0. The second-order valence-corrected chi connectivity index (χ2v) is 7.26. The number of carbonyl (C=O) groups excluding carboxylic acids is 3. The molecule has 7 N–H and O–H groups in total. The molecule has 0 aromatic rings. The fraction of sp³-hybridized carbons (Fsp3) is 0.722. The van der Waals surface area contributed by atoms with Crippen LogP contribution in [0.15, 0.2) is 0 Å². The number of amides is 3. The quantitative estimate of drug-likeness (QED) is 0.180. The van der Waals surface area contributed by atoms with E-state index in [2.05, 4.69) is 16.0 Å². The van der Waals surface area contributed by atoms with Gasteiger partial charge in [-0.3, -0.25) is 19.2 Å². The molecule has 1 fully saturated rings. The first-order valence-corrected chi connectivity index (χ1v) is 9.80. The Labute approximate surface area is 173 Å². The van der Waals surface area contributed by atoms with Gasteiger partial charge in [0.1, 0.15) is 18.1 Å². The summed E-state index contributed by atoms with van der Waals surface area (Å²) in [6.07, 6.45) is 1.18. The third-order valence-electron chi connectivity index (χ3n) is 4.98. The lowest BCUT2D eigenvalue weighted by Gasteiger charge is -2.27. The molecule has 0 aliphatic carbocycles. The van der Waals surface area contributed by atoms with Gasteiger partial charge >= 0.3 is 11.9 Å². The van der Waals surface area contributed by atoms with Crippen molar-refractivity contribution in [1.82, 2.24) is 21.3 Å². The fourth-order valence-corrected chi connectivity index (χ4v) is 2.97. The van der Waals surface area contributed by atoms with Crippen LogP contribution in [0.4, 0.5) is 0 Å². The molecule has 0 spiro atoms. The highest BCUT2D eigenvalue weighted by molar-refractivity contribution is 5.95. The summed E-state index contributed by atoms with van der Waals surface area (Å²) in [5.74, 6) is -5.41. The van der Waals surface area contributed by atoms with Gasteiger partial charge in [-0.15, -0.1) is 0 Å². The summed E-state index contributed by atoms with van der Waals surface area (Å²) in [4.78, 5) is 59.6. The first-order chi connectivity index (χ1) is 14.1. The van der Waals surface area contributed by atoms with Crippen LogP contribution in [0.3, 0.4) is 0 Å². The summed E-state index contributed by atoms with van der Waals surface area (Å²) in [6, 6.07) is -4.67. The van der Waals surface area contributed by atoms with Gasteiger partial charge in [-0.05, 0) is 25.3 Å². The Morgan fingerprint density at radius 3 is 2.13 bits per heavy atom. The molecule has 1 aliphatic heterocycles. The standard InChI is InChI=1S/C18H30N4O8/c1-3-9(2)14(22-15(26)10-5-4-6-19-10)17(28)20-11(7-13(24)25)16(27)21-12(8-23)18(29)30/h9-12,14,19,23H,3-8H2,1-2H3,(H,20,28)(H,21,27)(H,22,26)(H,24,25)(H,29,30). The van der Waals surface area contributed by atoms with E-state index in [1.807, 2.05) is 12.2 Å². The van der Waals surface area contributed by atoms with Crippen LogP contribution in [-0.2, 0) is 24.0 Å². The van der Waals surface area contributed by atoms with Crippen LogP contribution in [0, 0.1) is 5.92 Å². The van der Waals surface area contributed by atoms with E-state index in [-0.39, 0.29) is 11.8 Å². The van der Waals surface area contributed by atoms with Gasteiger partial charge in [0, 0.05) is 0 Å². The maximum Gasteiger partial charge on any atom is 0.328 e. The van der Waals surface area contributed by atoms with E-state index in [0.29, 0.717) is 19.4 Å². The molecule has 5 atom stereocenters. The number of hydrogen-bond acceptors (Lipinski definition) is 7. The number of aliphatic hydroxyl groups is 1. The summed E-state index contributed by atoms with van der Waals surface area (Å²) in [5.41, 5.74) is 0. The van der Waals surface area contributed by atoms with Crippen LogP contribution in [0.5, 0.6) is 0 Å². The van der Waals surface area contributed by atoms with E-state index in [1.165, 1.54) is 0 Å². The molecule has 30 heavy (non-hydrogen) atoms. The molecule has 0 saturated carbocycles. The summed E-state index contributed by atoms with van der Waals surface area (Å²) < 4.78 is 0. The fourth-order valence-electron chi connectivity index (χ4n) is 2.97. The van der Waals surface area contributed by atoms with Crippen LogP contribution < -0.4 is 21.3 Å². The molecule has 0 bridgehead atoms. The third-order valence-corrected chi connectivity index (χ3v) is 4.98. The molecule has 1 heterocycles. The molecular weight excluding hydrogens is 400 g/mol. The predicted octanol–water partition coefficient (Wildman–Crippen LogP) is -2.21. The van der Waals surface area contributed by atoms with Crippen LogP contribution in [0.25, 0.3) is 0 Å². The number of hydrogen-bond donors (Lipinski definition) is 7. The van der Waals surface area contributed by atoms with Crippen molar-refractivity contribution in [2.45, 2.75) is 63.7 Å². The monoisotopic (exact) mass is 430 g/mol. The van der Waals surface area contributed by atoms with Crippen molar-refractivity contribution in [3.05, 3.63) is 0 Å². The van der Waals surface area contributed by atoms with E-state index in [0.717, 1.165) is 6.42 Å². The number of carbonyl (C=O) groups is 5. The number of carboxylic acids is 2. The molecule has 1 rings (SSSR count). The zero-order chi connectivity index (χ0) is 22.8. The summed E-state index contributed by atoms with van der Waals surface area (Å²) in [7, 11) is 0. The largest absolute Gasteiger partial charge is 0.481 e. The Hall–Kier alpha value is -2.73. The van der Waals surface area contributed by atoms with Crippen LogP contribution in [0.1, 0.15) is 39.5 Å². The van der Waals surface area contributed by atoms with Crippen LogP contribution in [-0.4, -0.2) is 82.3 Å². The van der Waals surface area contributed by atoms with Crippen molar-refractivity contribution < 1.29 is 39.3 Å². The normalized spacial score (nSPS) is 19.8. The second-order valence-electron chi connectivity index (χ2n) is 7.26. The minimum Gasteiger partial charge on any atom is -0.481 e. The van der Waals surface area contributed by atoms with Crippen molar-refractivity contribution >= 4 is 29.7 Å². The predicted molar refractivity (Wildman–Crippen MR) is 103 cm³/mol. The van der Waals surface area contributed by atoms with Gasteiger partial charge in [-0.25, -0.2) is 4.79 Å². The Morgan fingerprint density at radius 2 is 1.67 bits per heavy atom. The van der Waals surface area contributed by atoms with Crippen molar-refractivity contribution in [3.8, 4) is 0 Å². The minimum absolute atomic E-state index is 0.312. The minimum atomic E-state index is -1.65. The number of aliphatic carboxylic acids is 2. The highest BCUT2D eigenvalue weighted by Crippen LogP contribution is 2.11. The molecule has 5 unspecified atom stereocenters. The molecule has 12 heteroatoms. The molecule has 1 aliphatic rings. The van der Waals surface area contributed by atoms with Gasteiger partial charge in [0.25, 0.3) is 0 Å². The number of carboxylic acid groups (broad SMARTS) is 2. The Balaban J connectivity index is 2.92. The topological polar surface area (TPSA) is 194 Å². The molecule has 0 aromatic carbocycles. The third kappa shape index (κ3) is 7.59. The lowest BCUT2D eigenvalue weighted by molar-refractivity contribution is -0.144. The number of aliphatic hydroxyl groups excluding tert-OH is 1. The Kier molecular flexibility index (Phi) is 10.2. The average molecular weight is 430 g/mol. The maximum absolute atomic E-state index is 12.8. The molecule has 12 nitrogen and oxygen atoms in total.